The van der Waals surface area contributed by atoms with Crippen LogP contribution in [0.5, 0.6) is 0 Å². The molecule has 0 fully saturated rings. The van der Waals surface area contributed by atoms with Crippen molar-refractivity contribution in [3.8, 4) is 0 Å². The van der Waals surface area contributed by atoms with Gasteiger partial charge in [0.05, 0.1) is 6.04 Å². The summed E-state index contributed by atoms with van der Waals surface area (Å²) in [5, 5.41) is 16.5. The first kappa shape index (κ1) is 28.0. The standard InChI is InChI=1S/C17H31N5O6S2/c1-3-8(2)13(16(26)20-10(17(27)28)4-5-12(19)23)22-15(25)11(7-30)21-14(24)9(18)6-29/h8-11,13,29-30H,3-7,18H2,1-2H3,(H2,19,23)(H,20,26)(H,21,24)(H,22,25)(H,27,28). The molecular formula is C17H31N5O6S2. The van der Waals surface area contributed by atoms with E-state index < -0.39 is 53.8 Å². The molecule has 0 saturated carbocycles. The summed E-state index contributed by atoms with van der Waals surface area (Å²) in [6.07, 6.45) is 0.0884. The Morgan fingerprint density at radius 1 is 0.933 bits per heavy atom. The van der Waals surface area contributed by atoms with Gasteiger partial charge in [-0.15, -0.1) is 0 Å². The van der Waals surface area contributed by atoms with Crippen molar-refractivity contribution < 1.29 is 29.1 Å². The van der Waals surface area contributed by atoms with E-state index in [4.69, 9.17) is 11.5 Å². The van der Waals surface area contributed by atoms with E-state index in [2.05, 4.69) is 41.2 Å². The number of carbonyl (C=O) groups excluding carboxylic acids is 4. The molecule has 0 radical (unpaired) electrons. The van der Waals surface area contributed by atoms with Gasteiger partial charge in [0.1, 0.15) is 18.1 Å². The van der Waals surface area contributed by atoms with Crippen molar-refractivity contribution >= 4 is 54.9 Å². The van der Waals surface area contributed by atoms with Crippen molar-refractivity contribution in [2.24, 2.45) is 17.4 Å². The minimum Gasteiger partial charge on any atom is -0.480 e. The molecule has 8 N–H and O–H groups in total. The van der Waals surface area contributed by atoms with Crippen LogP contribution in [0, 0.1) is 5.92 Å². The molecule has 0 saturated heterocycles. The number of thiol groups is 2. The number of carboxylic acids is 1. The smallest absolute Gasteiger partial charge is 0.326 e. The number of carbonyl (C=O) groups is 5. The first-order valence-corrected chi connectivity index (χ1v) is 10.6. The van der Waals surface area contributed by atoms with E-state index >= 15 is 0 Å². The molecule has 0 bridgehead atoms. The third kappa shape index (κ3) is 9.67. The summed E-state index contributed by atoms with van der Waals surface area (Å²) in [6, 6.07) is -4.40. The van der Waals surface area contributed by atoms with Gasteiger partial charge < -0.3 is 32.5 Å². The number of carboxylic acid groups (broad SMARTS) is 1. The van der Waals surface area contributed by atoms with E-state index in [1.54, 1.807) is 13.8 Å². The molecule has 0 aliphatic carbocycles. The molecule has 0 spiro atoms. The van der Waals surface area contributed by atoms with Gasteiger partial charge in [0.2, 0.25) is 23.6 Å². The lowest BCUT2D eigenvalue weighted by molar-refractivity contribution is -0.143. The lowest BCUT2D eigenvalue weighted by Crippen LogP contribution is -2.59. The number of rotatable bonds is 14. The van der Waals surface area contributed by atoms with Crippen LogP contribution in [0.15, 0.2) is 0 Å². The summed E-state index contributed by atoms with van der Waals surface area (Å²) >= 11 is 7.97. The van der Waals surface area contributed by atoms with Gasteiger partial charge in [-0.2, -0.15) is 25.3 Å². The van der Waals surface area contributed by atoms with E-state index in [-0.39, 0.29) is 30.3 Å². The molecule has 13 heteroatoms. The van der Waals surface area contributed by atoms with Crippen LogP contribution in [0.2, 0.25) is 0 Å². The SMILES string of the molecule is CCC(C)C(NC(=O)C(CS)NC(=O)C(N)CS)C(=O)NC(CCC(N)=O)C(=O)O. The fourth-order valence-corrected chi connectivity index (χ4v) is 2.74. The van der Waals surface area contributed by atoms with Gasteiger partial charge in [0, 0.05) is 17.9 Å². The van der Waals surface area contributed by atoms with Crippen LogP contribution in [0.4, 0.5) is 0 Å². The van der Waals surface area contributed by atoms with E-state index in [9.17, 15) is 29.1 Å². The summed E-state index contributed by atoms with van der Waals surface area (Å²) in [7, 11) is 0. The van der Waals surface area contributed by atoms with Gasteiger partial charge in [-0.3, -0.25) is 19.2 Å². The quantitative estimate of drug-likeness (QED) is 0.136. The zero-order chi connectivity index (χ0) is 23.4. The first-order chi connectivity index (χ1) is 14.0. The third-order valence-corrected chi connectivity index (χ3v) is 5.19. The Hall–Kier alpha value is -1.99. The maximum atomic E-state index is 12.7. The lowest BCUT2D eigenvalue weighted by Gasteiger charge is -2.27. The van der Waals surface area contributed by atoms with Crippen molar-refractivity contribution in [2.75, 3.05) is 11.5 Å². The molecular weight excluding hydrogens is 434 g/mol. The summed E-state index contributed by atoms with van der Waals surface area (Å²) in [6.45, 7) is 3.50. The third-order valence-electron chi connectivity index (χ3n) is 4.44. The number of hydrogen-bond acceptors (Lipinski definition) is 8. The molecule has 0 rings (SSSR count). The molecule has 172 valence electrons. The van der Waals surface area contributed by atoms with Gasteiger partial charge in [-0.25, -0.2) is 4.79 Å². The Bertz CT molecular complexity index is 636. The predicted octanol–water partition coefficient (Wildman–Crippen LogP) is -1.98. The van der Waals surface area contributed by atoms with E-state index in [0.717, 1.165) is 0 Å². The molecule has 30 heavy (non-hydrogen) atoms. The number of aliphatic carboxylic acids is 1. The number of primary amides is 1. The molecule has 0 aromatic rings. The topological polar surface area (TPSA) is 194 Å². The van der Waals surface area contributed by atoms with E-state index in [1.165, 1.54) is 0 Å². The Labute approximate surface area is 186 Å². The minimum absolute atomic E-state index is 0.0535. The molecule has 0 aliphatic heterocycles. The highest BCUT2D eigenvalue weighted by Gasteiger charge is 2.32. The number of amides is 4. The Kier molecular flexibility index (Phi) is 13.2. The first-order valence-electron chi connectivity index (χ1n) is 9.37. The predicted molar refractivity (Wildman–Crippen MR) is 117 cm³/mol. The molecule has 4 amide bonds. The van der Waals surface area contributed by atoms with Crippen LogP contribution in [0.3, 0.4) is 0 Å². The average molecular weight is 466 g/mol. The largest absolute Gasteiger partial charge is 0.480 e. The van der Waals surface area contributed by atoms with E-state index in [1.807, 2.05) is 0 Å². The van der Waals surface area contributed by atoms with Crippen LogP contribution in [0.1, 0.15) is 33.1 Å². The molecule has 0 aliphatic rings. The summed E-state index contributed by atoms with van der Waals surface area (Å²) in [5.41, 5.74) is 10.6. The normalized spacial score (nSPS) is 15.8. The van der Waals surface area contributed by atoms with Gasteiger partial charge in [0.25, 0.3) is 0 Å². The Morgan fingerprint density at radius 2 is 1.50 bits per heavy atom. The van der Waals surface area contributed by atoms with Gasteiger partial charge in [-0.05, 0) is 12.3 Å². The highest BCUT2D eigenvalue weighted by molar-refractivity contribution is 7.80. The number of hydrogen-bond donors (Lipinski definition) is 8. The second-order valence-corrected chi connectivity index (χ2v) is 7.54. The maximum Gasteiger partial charge on any atom is 0.326 e. The zero-order valence-electron chi connectivity index (χ0n) is 17.0. The molecule has 5 atom stereocenters. The van der Waals surface area contributed by atoms with Crippen LogP contribution < -0.4 is 27.4 Å². The second kappa shape index (κ2) is 14.1. The second-order valence-electron chi connectivity index (χ2n) is 6.81. The number of nitrogens with two attached hydrogens (primary N) is 2. The minimum atomic E-state index is -1.35. The maximum absolute atomic E-state index is 12.7. The van der Waals surface area contributed by atoms with Crippen molar-refractivity contribution in [3.63, 3.8) is 0 Å². The van der Waals surface area contributed by atoms with Crippen molar-refractivity contribution in [2.45, 2.75) is 57.3 Å². The summed E-state index contributed by atoms with van der Waals surface area (Å²) < 4.78 is 0. The lowest BCUT2D eigenvalue weighted by atomic mass is 9.97. The van der Waals surface area contributed by atoms with Crippen molar-refractivity contribution in [1.29, 1.82) is 0 Å². The molecule has 0 heterocycles. The van der Waals surface area contributed by atoms with E-state index in [0.29, 0.717) is 6.42 Å². The van der Waals surface area contributed by atoms with Gasteiger partial charge >= 0.3 is 5.97 Å². The molecule has 0 aromatic heterocycles. The highest BCUT2D eigenvalue weighted by atomic mass is 32.1. The van der Waals surface area contributed by atoms with Gasteiger partial charge in [0.15, 0.2) is 0 Å². The summed E-state index contributed by atoms with van der Waals surface area (Å²) in [5.74, 6) is -4.36. The van der Waals surface area contributed by atoms with Crippen LogP contribution >= 0.6 is 25.3 Å². The molecule has 11 nitrogen and oxygen atoms in total. The Balaban J connectivity index is 5.31. The monoisotopic (exact) mass is 465 g/mol. The van der Waals surface area contributed by atoms with Crippen LogP contribution in [-0.4, -0.2) is 70.4 Å². The highest BCUT2D eigenvalue weighted by Crippen LogP contribution is 2.10. The Morgan fingerprint density at radius 3 is 1.93 bits per heavy atom. The number of nitrogens with one attached hydrogen (secondary N) is 3. The fraction of sp³-hybridized carbons (Fsp3) is 0.706. The van der Waals surface area contributed by atoms with Crippen molar-refractivity contribution in [1.82, 2.24) is 16.0 Å². The van der Waals surface area contributed by atoms with Crippen molar-refractivity contribution in [3.05, 3.63) is 0 Å². The average Bonchev–Trinajstić information content (AvgIpc) is 2.70. The fourth-order valence-electron chi connectivity index (χ4n) is 2.32. The molecule has 0 aromatic carbocycles. The van der Waals surface area contributed by atoms with Crippen LogP contribution in [-0.2, 0) is 24.0 Å². The van der Waals surface area contributed by atoms with Gasteiger partial charge in [-0.1, -0.05) is 20.3 Å². The summed E-state index contributed by atoms with van der Waals surface area (Å²) in [4.78, 5) is 59.5. The van der Waals surface area contributed by atoms with Crippen LogP contribution in [0.25, 0.3) is 0 Å². The molecule has 5 unspecified atom stereocenters. The zero-order valence-corrected chi connectivity index (χ0v) is 18.7.